The molecule has 1 aliphatic rings. The molecular formula is C24H26N4O3S. The van der Waals surface area contributed by atoms with E-state index in [0.29, 0.717) is 34.3 Å². The Morgan fingerprint density at radius 1 is 1.22 bits per heavy atom. The molecule has 0 bridgehead atoms. The molecule has 1 saturated heterocycles. The summed E-state index contributed by atoms with van der Waals surface area (Å²) in [7, 11) is 1.77. The first-order valence-electron chi connectivity index (χ1n) is 10.5. The maximum Gasteiger partial charge on any atom is 0.262 e. The summed E-state index contributed by atoms with van der Waals surface area (Å²) in [5, 5.41) is 0.485. The number of aromatic nitrogens is 2. The molecule has 166 valence electrons. The summed E-state index contributed by atoms with van der Waals surface area (Å²) in [6, 6.07) is 13.3. The van der Waals surface area contributed by atoms with Crippen molar-refractivity contribution in [3.63, 3.8) is 0 Å². The van der Waals surface area contributed by atoms with Crippen LogP contribution in [0.1, 0.15) is 15.9 Å². The number of morpholine rings is 1. The van der Waals surface area contributed by atoms with Crippen molar-refractivity contribution in [1.29, 1.82) is 0 Å². The fourth-order valence-electron chi connectivity index (χ4n) is 3.88. The Kier molecular flexibility index (Phi) is 6.53. The van der Waals surface area contributed by atoms with Crippen molar-refractivity contribution in [2.24, 2.45) is 0 Å². The molecule has 7 nitrogen and oxygen atoms in total. The molecule has 8 heteroatoms. The van der Waals surface area contributed by atoms with Crippen molar-refractivity contribution in [2.45, 2.75) is 13.1 Å². The Bertz CT molecular complexity index is 1260. The lowest BCUT2D eigenvalue weighted by Crippen LogP contribution is -2.36. The molecular weight excluding hydrogens is 424 g/mol. The number of benzene rings is 2. The maximum atomic E-state index is 13.0. The Labute approximate surface area is 191 Å². The van der Waals surface area contributed by atoms with Gasteiger partial charge in [-0.1, -0.05) is 18.2 Å². The third kappa shape index (κ3) is 4.51. The SMILES string of the molecule is C=CCn1c(=S)[nH]c2cc(C(=O)N(C)Cc3ccc(N4CCOCC4)cc3)ccc2c1=O. The number of H-pyrrole nitrogens is 1. The number of allylic oxidation sites excluding steroid dienone is 1. The lowest BCUT2D eigenvalue weighted by atomic mass is 10.1. The Balaban J connectivity index is 1.51. The van der Waals surface area contributed by atoms with Gasteiger partial charge in [-0.15, -0.1) is 6.58 Å². The number of hydrogen-bond donors (Lipinski definition) is 1. The zero-order valence-electron chi connectivity index (χ0n) is 18.0. The van der Waals surface area contributed by atoms with Gasteiger partial charge in [-0.3, -0.25) is 14.2 Å². The molecule has 0 spiro atoms. The molecule has 3 aromatic rings. The van der Waals surface area contributed by atoms with E-state index in [4.69, 9.17) is 17.0 Å². The molecule has 2 aromatic carbocycles. The lowest BCUT2D eigenvalue weighted by Gasteiger charge is -2.29. The molecule has 2 heterocycles. The fourth-order valence-corrected chi connectivity index (χ4v) is 4.15. The first-order chi connectivity index (χ1) is 15.5. The normalized spacial score (nSPS) is 13.8. The van der Waals surface area contributed by atoms with Gasteiger partial charge in [0.15, 0.2) is 4.77 Å². The van der Waals surface area contributed by atoms with E-state index in [0.717, 1.165) is 37.6 Å². The van der Waals surface area contributed by atoms with E-state index >= 15 is 0 Å². The van der Waals surface area contributed by atoms with Gasteiger partial charge in [-0.05, 0) is 48.1 Å². The number of fused-ring (bicyclic) bond motifs is 1. The van der Waals surface area contributed by atoms with Crippen LogP contribution in [0.25, 0.3) is 10.9 Å². The van der Waals surface area contributed by atoms with E-state index in [1.165, 1.54) is 4.57 Å². The lowest BCUT2D eigenvalue weighted by molar-refractivity contribution is 0.0785. The number of hydrogen-bond acceptors (Lipinski definition) is 5. The number of anilines is 1. The van der Waals surface area contributed by atoms with Gasteiger partial charge < -0.3 is 19.5 Å². The van der Waals surface area contributed by atoms with Crippen LogP contribution in [0.4, 0.5) is 5.69 Å². The van der Waals surface area contributed by atoms with Crippen molar-refractivity contribution in [3.05, 3.63) is 81.4 Å². The van der Waals surface area contributed by atoms with Crippen LogP contribution in [0.15, 0.2) is 59.9 Å². The van der Waals surface area contributed by atoms with E-state index in [2.05, 4.69) is 28.6 Å². The van der Waals surface area contributed by atoms with Crippen molar-refractivity contribution < 1.29 is 9.53 Å². The predicted molar refractivity (Wildman–Crippen MR) is 129 cm³/mol. The van der Waals surface area contributed by atoms with Gasteiger partial charge in [-0.2, -0.15) is 0 Å². The van der Waals surface area contributed by atoms with Gasteiger partial charge in [-0.25, -0.2) is 0 Å². The van der Waals surface area contributed by atoms with Gasteiger partial charge in [0, 0.05) is 44.5 Å². The van der Waals surface area contributed by atoms with E-state index in [-0.39, 0.29) is 11.5 Å². The zero-order valence-corrected chi connectivity index (χ0v) is 18.9. The third-order valence-corrected chi connectivity index (χ3v) is 5.94. The minimum Gasteiger partial charge on any atom is -0.378 e. The molecule has 1 N–H and O–H groups in total. The monoisotopic (exact) mass is 450 g/mol. The maximum absolute atomic E-state index is 13.0. The summed E-state index contributed by atoms with van der Waals surface area (Å²) in [4.78, 5) is 32.7. The Hall–Kier alpha value is -3.23. The molecule has 1 fully saturated rings. The molecule has 32 heavy (non-hydrogen) atoms. The minimum atomic E-state index is -0.198. The number of amides is 1. The summed E-state index contributed by atoms with van der Waals surface area (Å²) < 4.78 is 7.16. The Morgan fingerprint density at radius 3 is 2.62 bits per heavy atom. The van der Waals surface area contributed by atoms with Crippen LogP contribution in [-0.2, 0) is 17.8 Å². The molecule has 4 rings (SSSR count). The summed E-state index contributed by atoms with van der Waals surface area (Å²) in [6.45, 7) is 7.75. The first-order valence-corrected chi connectivity index (χ1v) is 10.9. The fraction of sp³-hybridized carbons (Fsp3) is 0.292. The highest BCUT2D eigenvalue weighted by Crippen LogP contribution is 2.18. The van der Waals surface area contributed by atoms with Crippen molar-refractivity contribution >= 4 is 34.7 Å². The molecule has 1 aliphatic heterocycles. The first kappa shape index (κ1) is 22.0. The topological polar surface area (TPSA) is 70.6 Å². The smallest absolute Gasteiger partial charge is 0.262 e. The summed E-state index contributed by atoms with van der Waals surface area (Å²) in [6.07, 6.45) is 1.62. The van der Waals surface area contributed by atoms with E-state index in [1.807, 2.05) is 12.1 Å². The molecule has 1 amide bonds. The van der Waals surface area contributed by atoms with Crippen molar-refractivity contribution in [3.8, 4) is 0 Å². The molecule has 0 atom stereocenters. The number of aromatic amines is 1. The standard InChI is InChI=1S/C24H26N4O3S/c1-3-10-28-23(30)20-9-6-18(15-21(20)25-24(28)32)22(29)26(2)16-17-4-7-19(8-5-17)27-11-13-31-14-12-27/h3-9,15H,1,10-14,16H2,2H3,(H,25,32). The van der Waals surface area contributed by atoms with E-state index < -0.39 is 0 Å². The Morgan fingerprint density at radius 2 is 1.94 bits per heavy atom. The highest BCUT2D eigenvalue weighted by molar-refractivity contribution is 7.71. The third-order valence-electron chi connectivity index (χ3n) is 5.62. The van der Waals surface area contributed by atoms with E-state index in [1.54, 1.807) is 36.2 Å². The van der Waals surface area contributed by atoms with Crippen LogP contribution >= 0.6 is 12.2 Å². The number of nitrogens with zero attached hydrogens (tertiary/aromatic N) is 3. The van der Waals surface area contributed by atoms with Crippen molar-refractivity contribution in [1.82, 2.24) is 14.5 Å². The molecule has 0 radical (unpaired) electrons. The molecule has 1 aromatic heterocycles. The second kappa shape index (κ2) is 9.50. The van der Waals surface area contributed by atoms with Crippen LogP contribution in [0.5, 0.6) is 0 Å². The van der Waals surface area contributed by atoms with Crippen LogP contribution < -0.4 is 10.5 Å². The summed E-state index contributed by atoms with van der Waals surface area (Å²) in [5.74, 6) is -0.126. The zero-order chi connectivity index (χ0) is 22.7. The highest BCUT2D eigenvalue weighted by atomic mass is 32.1. The van der Waals surface area contributed by atoms with Gasteiger partial charge >= 0.3 is 0 Å². The molecule has 0 aliphatic carbocycles. The van der Waals surface area contributed by atoms with Crippen LogP contribution in [0.2, 0.25) is 0 Å². The average Bonchev–Trinajstić information content (AvgIpc) is 2.82. The van der Waals surface area contributed by atoms with Crippen LogP contribution in [0.3, 0.4) is 0 Å². The molecule has 0 saturated carbocycles. The molecule has 0 unspecified atom stereocenters. The van der Waals surface area contributed by atoms with Gasteiger partial charge in [0.05, 0.1) is 24.1 Å². The highest BCUT2D eigenvalue weighted by Gasteiger charge is 2.15. The number of carbonyl (C=O) groups excluding carboxylic acids is 1. The van der Waals surface area contributed by atoms with E-state index in [9.17, 15) is 9.59 Å². The minimum absolute atomic E-state index is 0.126. The largest absolute Gasteiger partial charge is 0.378 e. The number of nitrogens with one attached hydrogen (secondary N) is 1. The number of ether oxygens (including phenoxy) is 1. The quantitative estimate of drug-likeness (QED) is 0.461. The van der Waals surface area contributed by atoms with Gasteiger partial charge in [0.1, 0.15) is 0 Å². The van der Waals surface area contributed by atoms with Crippen molar-refractivity contribution in [2.75, 3.05) is 38.3 Å². The number of carbonyl (C=O) groups is 1. The number of rotatable bonds is 6. The summed E-state index contributed by atoms with van der Waals surface area (Å²) >= 11 is 5.29. The van der Waals surface area contributed by atoms with Crippen LogP contribution in [-0.4, -0.2) is 53.7 Å². The second-order valence-electron chi connectivity index (χ2n) is 7.82. The van der Waals surface area contributed by atoms with Gasteiger partial charge in [0.25, 0.3) is 11.5 Å². The van der Waals surface area contributed by atoms with Crippen LogP contribution in [0, 0.1) is 4.77 Å². The van der Waals surface area contributed by atoms with Gasteiger partial charge in [0.2, 0.25) is 0 Å². The average molecular weight is 451 g/mol. The predicted octanol–water partition coefficient (Wildman–Crippen LogP) is 3.35. The summed E-state index contributed by atoms with van der Waals surface area (Å²) in [5.41, 5.74) is 3.06. The second-order valence-corrected chi connectivity index (χ2v) is 8.21.